The van der Waals surface area contributed by atoms with Gasteiger partial charge in [-0.15, -0.1) is 0 Å². The summed E-state index contributed by atoms with van der Waals surface area (Å²) in [6, 6.07) is 9.86. The molecular weight excluding hydrogens is 278 g/mol. The van der Waals surface area contributed by atoms with E-state index >= 15 is 0 Å². The lowest BCUT2D eigenvalue weighted by atomic mass is 10.1. The molecule has 0 aliphatic carbocycles. The van der Waals surface area contributed by atoms with Crippen molar-refractivity contribution >= 4 is 5.88 Å². The minimum Gasteiger partial charge on any atom is -0.419 e. The molecule has 6 heteroatoms. The van der Waals surface area contributed by atoms with Gasteiger partial charge in [0.1, 0.15) is 6.07 Å². The summed E-state index contributed by atoms with van der Waals surface area (Å²) in [6.07, 6.45) is 3.66. The van der Waals surface area contributed by atoms with Crippen LogP contribution < -0.4 is 5.32 Å². The van der Waals surface area contributed by atoms with E-state index in [1.165, 1.54) is 0 Å². The van der Waals surface area contributed by atoms with Crippen LogP contribution in [0.3, 0.4) is 0 Å². The molecule has 0 spiro atoms. The topological polar surface area (TPSA) is 79.7 Å². The Balaban J connectivity index is 1.82. The standard InChI is InChI=1S/C16H15N5O/c1-11-3-5-13(6-4-11)15-20-14(7-17)16(22-15)18-8-12-9-19-21(2)10-12/h3-6,9-10,18H,8H2,1-2H3. The highest BCUT2D eigenvalue weighted by Gasteiger charge is 2.14. The molecule has 0 bridgehead atoms. The van der Waals surface area contributed by atoms with Crippen LogP contribution in [-0.4, -0.2) is 14.8 Å². The third-order valence-electron chi connectivity index (χ3n) is 3.24. The third kappa shape index (κ3) is 2.83. The van der Waals surface area contributed by atoms with E-state index in [2.05, 4.69) is 21.5 Å². The molecule has 0 saturated heterocycles. The molecule has 2 heterocycles. The van der Waals surface area contributed by atoms with Gasteiger partial charge in [0.25, 0.3) is 0 Å². The second-order valence-corrected chi connectivity index (χ2v) is 5.05. The van der Waals surface area contributed by atoms with E-state index in [1.54, 1.807) is 10.9 Å². The van der Waals surface area contributed by atoms with Crippen LogP contribution in [0, 0.1) is 18.3 Å². The highest BCUT2D eigenvalue weighted by Crippen LogP contribution is 2.25. The Morgan fingerprint density at radius 2 is 2.09 bits per heavy atom. The van der Waals surface area contributed by atoms with Crippen LogP contribution in [0.15, 0.2) is 41.1 Å². The molecule has 1 aromatic carbocycles. The average Bonchev–Trinajstić information content (AvgIpc) is 3.12. The zero-order valence-electron chi connectivity index (χ0n) is 12.4. The summed E-state index contributed by atoms with van der Waals surface area (Å²) < 4.78 is 7.41. The Kier molecular flexibility index (Phi) is 3.62. The van der Waals surface area contributed by atoms with Crippen molar-refractivity contribution in [3.63, 3.8) is 0 Å². The molecule has 0 saturated carbocycles. The Morgan fingerprint density at radius 3 is 2.73 bits per heavy atom. The van der Waals surface area contributed by atoms with E-state index in [0.717, 1.165) is 16.7 Å². The Morgan fingerprint density at radius 1 is 1.32 bits per heavy atom. The lowest BCUT2D eigenvalue weighted by Crippen LogP contribution is -1.98. The average molecular weight is 293 g/mol. The van der Waals surface area contributed by atoms with Gasteiger partial charge in [0, 0.05) is 30.9 Å². The van der Waals surface area contributed by atoms with Gasteiger partial charge in [-0.2, -0.15) is 15.3 Å². The van der Waals surface area contributed by atoms with Crippen LogP contribution in [0.1, 0.15) is 16.8 Å². The Hall–Kier alpha value is -3.07. The van der Waals surface area contributed by atoms with Crippen molar-refractivity contribution in [2.45, 2.75) is 13.5 Å². The largest absolute Gasteiger partial charge is 0.419 e. The maximum atomic E-state index is 9.20. The number of hydrogen-bond acceptors (Lipinski definition) is 5. The van der Waals surface area contributed by atoms with E-state index < -0.39 is 0 Å². The van der Waals surface area contributed by atoms with Crippen molar-refractivity contribution in [1.82, 2.24) is 14.8 Å². The van der Waals surface area contributed by atoms with Crippen molar-refractivity contribution in [1.29, 1.82) is 5.26 Å². The molecule has 3 aromatic rings. The summed E-state index contributed by atoms with van der Waals surface area (Å²) in [6.45, 7) is 2.53. The van der Waals surface area contributed by atoms with E-state index in [4.69, 9.17) is 4.42 Å². The first kappa shape index (κ1) is 13.9. The van der Waals surface area contributed by atoms with Crippen LogP contribution in [0.25, 0.3) is 11.5 Å². The number of aryl methyl sites for hydroxylation is 2. The minimum absolute atomic E-state index is 0.250. The number of oxazole rings is 1. The van der Waals surface area contributed by atoms with Gasteiger partial charge in [-0.05, 0) is 19.1 Å². The van der Waals surface area contributed by atoms with Crippen LogP contribution >= 0.6 is 0 Å². The van der Waals surface area contributed by atoms with E-state index in [9.17, 15) is 5.26 Å². The third-order valence-corrected chi connectivity index (χ3v) is 3.24. The predicted molar refractivity (Wildman–Crippen MR) is 81.9 cm³/mol. The van der Waals surface area contributed by atoms with E-state index in [-0.39, 0.29) is 5.69 Å². The quantitative estimate of drug-likeness (QED) is 0.800. The molecule has 0 amide bonds. The molecule has 0 aliphatic rings. The number of nitrogens with one attached hydrogen (secondary N) is 1. The summed E-state index contributed by atoms with van der Waals surface area (Å²) in [5, 5.41) is 16.4. The van der Waals surface area contributed by atoms with Gasteiger partial charge in [0.05, 0.1) is 6.20 Å². The van der Waals surface area contributed by atoms with Crippen molar-refractivity contribution < 1.29 is 4.42 Å². The second kappa shape index (κ2) is 5.74. The smallest absolute Gasteiger partial charge is 0.232 e. The summed E-state index contributed by atoms with van der Waals surface area (Å²) in [4.78, 5) is 4.23. The molecule has 1 N–H and O–H groups in total. The highest BCUT2D eigenvalue weighted by atomic mass is 16.4. The summed E-state index contributed by atoms with van der Waals surface area (Å²) in [5.41, 5.74) is 3.25. The zero-order valence-corrected chi connectivity index (χ0v) is 12.4. The van der Waals surface area contributed by atoms with Gasteiger partial charge < -0.3 is 9.73 Å². The highest BCUT2D eigenvalue weighted by molar-refractivity contribution is 5.59. The van der Waals surface area contributed by atoms with Gasteiger partial charge in [0.15, 0.2) is 0 Å². The first-order valence-electron chi connectivity index (χ1n) is 6.85. The van der Waals surface area contributed by atoms with Crippen molar-refractivity contribution in [3.8, 4) is 17.5 Å². The van der Waals surface area contributed by atoms with Crippen molar-refractivity contribution in [2.24, 2.45) is 7.05 Å². The second-order valence-electron chi connectivity index (χ2n) is 5.05. The maximum absolute atomic E-state index is 9.20. The van der Waals surface area contributed by atoms with Gasteiger partial charge in [-0.3, -0.25) is 4.68 Å². The first-order valence-corrected chi connectivity index (χ1v) is 6.85. The lowest BCUT2D eigenvalue weighted by molar-refractivity contribution is 0.585. The molecule has 3 rings (SSSR count). The van der Waals surface area contributed by atoms with E-state index in [1.807, 2.05) is 44.4 Å². The summed E-state index contributed by atoms with van der Waals surface area (Å²) >= 11 is 0. The Bertz CT molecular complexity index is 823. The summed E-state index contributed by atoms with van der Waals surface area (Å²) in [7, 11) is 1.86. The van der Waals surface area contributed by atoms with Gasteiger partial charge in [-0.1, -0.05) is 17.7 Å². The van der Waals surface area contributed by atoms with Crippen LogP contribution in [-0.2, 0) is 13.6 Å². The molecule has 2 aromatic heterocycles. The fraction of sp³-hybridized carbons (Fsp3) is 0.188. The van der Waals surface area contributed by atoms with Gasteiger partial charge in [-0.25, -0.2) is 0 Å². The fourth-order valence-electron chi connectivity index (χ4n) is 2.08. The van der Waals surface area contributed by atoms with Crippen molar-refractivity contribution in [3.05, 3.63) is 53.5 Å². The number of anilines is 1. The number of benzene rings is 1. The molecule has 110 valence electrons. The molecule has 0 aliphatic heterocycles. The van der Waals surface area contributed by atoms with Gasteiger partial charge in [0.2, 0.25) is 17.5 Å². The molecule has 22 heavy (non-hydrogen) atoms. The van der Waals surface area contributed by atoms with Crippen LogP contribution in [0.2, 0.25) is 0 Å². The number of hydrogen-bond donors (Lipinski definition) is 1. The SMILES string of the molecule is Cc1ccc(-c2nc(C#N)c(NCc3cnn(C)c3)o2)cc1. The number of nitriles is 1. The number of rotatable bonds is 4. The number of nitrogens with zero attached hydrogens (tertiary/aromatic N) is 4. The van der Waals surface area contributed by atoms with Crippen LogP contribution in [0.5, 0.6) is 0 Å². The molecule has 0 radical (unpaired) electrons. The first-order chi connectivity index (χ1) is 10.7. The fourth-order valence-corrected chi connectivity index (χ4v) is 2.08. The molecular formula is C16H15N5O. The molecule has 6 nitrogen and oxygen atoms in total. The lowest BCUT2D eigenvalue weighted by Gasteiger charge is -2.00. The normalized spacial score (nSPS) is 10.4. The van der Waals surface area contributed by atoms with Crippen molar-refractivity contribution in [2.75, 3.05) is 5.32 Å². The molecule has 0 fully saturated rings. The Labute approximate surface area is 128 Å². The van der Waals surface area contributed by atoms with Gasteiger partial charge >= 0.3 is 0 Å². The maximum Gasteiger partial charge on any atom is 0.232 e. The summed E-state index contributed by atoms with van der Waals surface area (Å²) in [5.74, 6) is 0.812. The predicted octanol–water partition coefficient (Wildman–Crippen LogP) is 2.87. The number of aromatic nitrogens is 3. The molecule has 0 unspecified atom stereocenters. The van der Waals surface area contributed by atoms with Crippen LogP contribution in [0.4, 0.5) is 5.88 Å². The minimum atomic E-state index is 0.250. The van der Waals surface area contributed by atoms with E-state index in [0.29, 0.717) is 18.3 Å². The molecule has 0 atom stereocenters. The monoisotopic (exact) mass is 293 g/mol. The zero-order chi connectivity index (χ0) is 15.5.